The fraction of sp³-hybridized carbons (Fsp3) is 0.375. The Morgan fingerprint density at radius 2 is 2.05 bits per heavy atom. The van der Waals surface area contributed by atoms with E-state index in [0.29, 0.717) is 18.1 Å². The monoisotopic (exact) mass is 288 g/mol. The van der Waals surface area contributed by atoms with Crippen molar-refractivity contribution in [3.05, 3.63) is 41.8 Å². The van der Waals surface area contributed by atoms with E-state index in [1.165, 1.54) is 0 Å². The van der Waals surface area contributed by atoms with Gasteiger partial charge in [0.2, 0.25) is 0 Å². The largest absolute Gasteiger partial charge is 0.497 e. The van der Waals surface area contributed by atoms with Gasteiger partial charge in [-0.15, -0.1) is 0 Å². The molecule has 1 aromatic heterocycles. The van der Waals surface area contributed by atoms with Crippen molar-refractivity contribution in [3.8, 4) is 5.75 Å². The Morgan fingerprint density at radius 1 is 1.33 bits per heavy atom. The first-order chi connectivity index (χ1) is 10.2. The van der Waals surface area contributed by atoms with Crippen LogP contribution in [0.2, 0.25) is 0 Å². The average molecular weight is 288 g/mol. The van der Waals surface area contributed by atoms with E-state index in [1.807, 2.05) is 6.92 Å². The topological polar surface area (TPSA) is 55.6 Å². The number of hydrogen-bond donors (Lipinski definition) is 0. The van der Waals surface area contributed by atoms with Crippen LogP contribution in [0.25, 0.3) is 0 Å². The molecule has 0 aliphatic heterocycles. The van der Waals surface area contributed by atoms with Gasteiger partial charge < -0.3 is 9.15 Å². The first-order valence-corrected chi connectivity index (χ1v) is 7.03. The maximum absolute atomic E-state index is 12.6. The van der Waals surface area contributed by atoms with Crippen molar-refractivity contribution in [2.75, 3.05) is 18.6 Å². The van der Waals surface area contributed by atoms with Gasteiger partial charge in [-0.05, 0) is 37.6 Å². The predicted molar refractivity (Wildman–Crippen MR) is 80.8 cm³/mol. The normalized spacial score (nSPS) is 10.4. The molecular formula is C16H20N2O3. The molecule has 0 fully saturated rings. The second-order valence-electron chi connectivity index (χ2n) is 4.81. The maximum Gasteiger partial charge on any atom is 0.304 e. The molecule has 1 amide bonds. The standard InChI is InChI=1S/C16H20N2O3/c1-4-5-10-18(16-17-12(2)11-21-16)15(19)13-6-8-14(20-3)9-7-13/h6-9,11H,4-5,10H2,1-3H3. The molecule has 0 atom stereocenters. The molecule has 1 heterocycles. The molecule has 0 N–H and O–H groups in total. The van der Waals surface area contributed by atoms with Crippen LogP contribution < -0.4 is 9.64 Å². The van der Waals surface area contributed by atoms with Crippen LogP contribution in [0.4, 0.5) is 6.01 Å². The number of rotatable bonds is 6. The van der Waals surface area contributed by atoms with Crippen molar-refractivity contribution < 1.29 is 13.9 Å². The second-order valence-corrected chi connectivity index (χ2v) is 4.81. The third-order valence-electron chi connectivity index (χ3n) is 3.16. The Labute approximate surface area is 124 Å². The summed E-state index contributed by atoms with van der Waals surface area (Å²) in [5.41, 5.74) is 1.34. The zero-order valence-corrected chi connectivity index (χ0v) is 12.6. The number of aryl methyl sites for hydroxylation is 1. The van der Waals surface area contributed by atoms with E-state index in [4.69, 9.17) is 9.15 Å². The molecule has 0 spiro atoms. The molecular weight excluding hydrogens is 268 g/mol. The van der Waals surface area contributed by atoms with E-state index in [1.54, 1.807) is 42.5 Å². The third kappa shape index (κ3) is 3.62. The number of unbranched alkanes of at least 4 members (excludes halogenated alkanes) is 1. The lowest BCUT2D eigenvalue weighted by molar-refractivity contribution is 0.0981. The molecule has 2 aromatic rings. The Hall–Kier alpha value is -2.30. The zero-order valence-electron chi connectivity index (χ0n) is 12.6. The highest BCUT2D eigenvalue weighted by Crippen LogP contribution is 2.19. The smallest absolute Gasteiger partial charge is 0.304 e. The summed E-state index contributed by atoms with van der Waals surface area (Å²) in [5.74, 6) is 0.603. The first kappa shape index (κ1) is 15.1. The number of aromatic nitrogens is 1. The predicted octanol–water partition coefficient (Wildman–Crippen LogP) is 3.44. The number of benzene rings is 1. The minimum absolute atomic E-state index is 0.118. The molecule has 21 heavy (non-hydrogen) atoms. The van der Waals surface area contributed by atoms with Gasteiger partial charge in [0.15, 0.2) is 0 Å². The zero-order chi connectivity index (χ0) is 15.2. The Kier molecular flexibility index (Phi) is 4.98. The summed E-state index contributed by atoms with van der Waals surface area (Å²) in [6.07, 6.45) is 3.44. The highest BCUT2D eigenvalue weighted by atomic mass is 16.5. The van der Waals surface area contributed by atoms with Crippen molar-refractivity contribution in [2.24, 2.45) is 0 Å². The van der Waals surface area contributed by atoms with Crippen LogP contribution in [0.15, 0.2) is 34.9 Å². The van der Waals surface area contributed by atoms with Crippen molar-refractivity contribution in [1.82, 2.24) is 4.98 Å². The molecule has 0 bridgehead atoms. The van der Waals surface area contributed by atoms with Gasteiger partial charge in [0, 0.05) is 12.1 Å². The van der Waals surface area contributed by atoms with Crippen LogP contribution in [0.5, 0.6) is 5.75 Å². The molecule has 0 aliphatic rings. The van der Waals surface area contributed by atoms with Crippen molar-refractivity contribution in [2.45, 2.75) is 26.7 Å². The minimum atomic E-state index is -0.118. The molecule has 5 nitrogen and oxygen atoms in total. The SMILES string of the molecule is CCCCN(C(=O)c1ccc(OC)cc1)c1nc(C)co1. The van der Waals surface area contributed by atoms with Crippen molar-refractivity contribution in [3.63, 3.8) is 0 Å². The van der Waals surface area contributed by atoms with Gasteiger partial charge in [0.1, 0.15) is 12.0 Å². The minimum Gasteiger partial charge on any atom is -0.497 e. The first-order valence-electron chi connectivity index (χ1n) is 7.03. The van der Waals surface area contributed by atoms with E-state index >= 15 is 0 Å². The fourth-order valence-electron chi connectivity index (χ4n) is 1.96. The number of oxazole rings is 1. The van der Waals surface area contributed by atoms with Gasteiger partial charge in [-0.3, -0.25) is 9.69 Å². The molecule has 0 saturated heterocycles. The highest BCUT2D eigenvalue weighted by molar-refractivity contribution is 6.04. The number of ether oxygens (including phenoxy) is 1. The van der Waals surface area contributed by atoms with Gasteiger partial charge in [0.05, 0.1) is 12.8 Å². The summed E-state index contributed by atoms with van der Waals surface area (Å²) in [4.78, 5) is 18.5. The van der Waals surface area contributed by atoms with Crippen LogP contribution >= 0.6 is 0 Å². The van der Waals surface area contributed by atoms with Gasteiger partial charge in [-0.2, -0.15) is 4.98 Å². The number of anilines is 1. The molecule has 112 valence electrons. The van der Waals surface area contributed by atoms with E-state index in [2.05, 4.69) is 11.9 Å². The van der Waals surface area contributed by atoms with E-state index in [9.17, 15) is 4.79 Å². The van der Waals surface area contributed by atoms with Crippen LogP contribution in [0.3, 0.4) is 0 Å². The molecule has 0 aliphatic carbocycles. The lowest BCUT2D eigenvalue weighted by atomic mass is 10.2. The van der Waals surface area contributed by atoms with Gasteiger partial charge in [-0.25, -0.2) is 0 Å². The van der Waals surface area contributed by atoms with Crippen molar-refractivity contribution in [1.29, 1.82) is 0 Å². The number of methoxy groups -OCH3 is 1. The third-order valence-corrected chi connectivity index (χ3v) is 3.16. The quantitative estimate of drug-likeness (QED) is 0.817. The fourth-order valence-corrected chi connectivity index (χ4v) is 1.96. The molecule has 0 radical (unpaired) electrons. The number of carbonyl (C=O) groups excluding carboxylic acids is 1. The van der Waals surface area contributed by atoms with Gasteiger partial charge >= 0.3 is 6.01 Å². The van der Waals surface area contributed by atoms with Crippen LogP contribution in [-0.4, -0.2) is 24.5 Å². The molecule has 5 heteroatoms. The molecule has 2 rings (SSSR count). The summed E-state index contributed by atoms with van der Waals surface area (Å²) in [6.45, 7) is 4.50. The van der Waals surface area contributed by atoms with E-state index < -0.39 is 0 Å². The second kappa shape index (κ2) is 6.92. The molecule has 0 unspecified atom stereocenters. The van der Waals surface area contributed by atoms with E-state index in [-0.39, 0.29) is 5.91 Å². The molecule has 1 aromatic carbocycles. The lowest BCUT2D eigenvalue weighted by Crippen LogP contribution is -2.32. The number of carbonyl (C=O) groups is 1. The number of hydrogen-bond acceptors (Lipinski definition) is 4. The summed E-state index contributed by atoms with van der Waals surface area (Å²) in [5, 5.41) is 0. The average Bonchev–Trinajstić information content (AvgIpc) is 2.94. The lowest BCUT2D eigenvalue weighted by Gasteiger charge is -2.18. The summed E-state index contributed by atoms with van der Waals surface area (Å²) in [7, 11) is 1.60. The summed E-state index contributed by atoms with van der Waals surface area (Å²) >= 11 is 0. The van der Waals surface area contributed by atoms with Gasteiger partial charge in [0.25, 0.3) is 5.91 Å². The van der Waals surface area contributed by atoms with Crippen molar-refractivity contribution >= 4 is 11.9 Å². The van der Waals surface area contributed by atoms with Gasteiger partial charge in [-0.1, -0.05) is 13.3 Å². The van der Waals surface area contributed by atoms with Crippen LogP contribution in [0, 0.1) is 6.92 Å². The van der Waals surface area contributed by atoms with E-state index in [0.717, 1.165) is 24.3 Å². The Morgan fingerprint density at radius 3 is 2.57 bits per heavy atom. The summed E-state index contributed by atoms with van der Waals surface area (Å²) < 4.78 is 10.5. The number of nitrogens with zero attached hydrogens (tertiary/aromatic N) is 2. The maximum atomic E-state index is 12.6. The Balaban J connectivity index is 2.24. The van der Waals surface area contributed by atoms with Crippen LogP contribution in [-0.2, 0) is 0 Å². The van der Waals surface area contributed by atoms with Crippen LogP contribution in [0.1, 0.15) is 35.8 Å². The Bertz CT molecular complexity index is 590. The molecule has 0 saturated carbocycles. The summed E-state index contributed by atoms with van der Waals surface area (Å²) in [6, 6.07) is 7.38. The number of amides is 1. The highest BCUT2D eigenvalue weighted by Gasteiger charge is 2.21.